The van der Waals surface area contributed by atoms with Crippen molar-refractivity contribution in [1.82, 2.24) is 4.90 Å². The van der Waals surface area contributed by atoms with E-state index in [1.165, 1.54) is 12.0 Å². The molecule has 0 aromatic carbocycles. The molecule has 6 heteroatoms. The maximum Gasteiger partial charge on any atom is 0.410 e. The Hall–Kier alpha value is -1.89. The van der Waals surface area contributed by atoms with Gasteiger partial charge >= 0.3 is 6.09 Å². The van der Waals surface area contributed by atoms with Crippen LogP contribution in [-0.4, -0.2) is 63.3 Å². The summed E-state index contributed by atoms with van der Waals surface area (Å²) in [6, 6.07) is 0. The van der Waals surface area contributed by atoms with Crippen LogP contribution in [-0.2, 0) is 4.74 Å². The molecule has 0 aliphatic heterocycles. The first kappa shape index (κ1) is 30.6. The first-order valence-electron chi connectivity index (χ1n) is 14.6. The van der Waals surface area contributed by atoms with Gasteiger partial charge < -0.3 is 25.0 Å². The van der Waals surface area contributed by atoms with Gasteiger partial charge in [-0.05, 0) is 101 Å². The second-order valence-corrected chi connectivity index (χ2v) is 12.5. The van der Waals surface area contributed by atoms with Crippen molar-refractivity contribution in [3.05, 3.63) is 47.6 Å². The van der Waals surface area contributed by atoms with E-state index in [0.717, 1.165) is 36.8 Å². The molecule has 0 heterocycles. The molecule has 0 saturated heterocycles. The van der Waals surface area contributed by atoms with E-state index in [4.69, 9.17) is 4.74 Å². The van der Waals surface area contributed by atoms with Crippen LogP contribution >= 0.6 is 0 Å². The Balaban J connectivity index is 1.69. The minimum Gasteiger partial charge on any atom is -0.440 e. The van der Waals surface area contributed by atoms with E-state index in [1.54, 1.807) is 18.7 Å². The second-order valence-electron chi connectivity index (χ2n) is 12.5. The number of hydrogen-bond donors (Lipinski definition) is 3. The zero-order valence-electron chi connectivity index (χ0n) is 24.4. The molecule has 0 radical (unpaired) electrons. The summed E-state index contributed by atoms with van der Waals surface area (Å²) in [7, 11) is 0. The van der Waals surface area contributed by atoms with Crippen LogP contribution in [0.1, 0.15) is 86.5 Å². The molecule has 3 aliphatic rings. The van der Waals surface area contributed by atoms with E-state index < -0.39 is 30.0 Å². The average Bonchev–Trinajstić information content (AvgIpc) is 3.21. The zero-order valence-corrected chi connectivity index (χ0v) is 24.4. The lowest BCUT2D eigenvalue weighted by atomic mass is 9.61. The van der Waals surface area contributed by atoms with E-state index in [0.29, 0.717) is 37.8 Å². The van der Waals surface area contributed by atoms with Crippen LogP contribution in [0, 0.1) is 23.2 Å². The smallest absolute Gasteiger partial charge is 0.410 e. The van der Waals surface area contributed by atoms with Crippen molar-refractivity contribution in [3.8, 4) is 0 Å². The number of aliphatic hydroxyl groups excluding tert-OH is 3. The van der Waals surface area contributed by atoms with E-state index in [-0.39, 0.29) is 11.3 Å². The number of fused-ring (bicyclic) bond motifs is 1. The Morgan fingerprint density at radius 2 is 1.89 bits per heavy atom. The van der Waals surface area contributed by atoms with Gasteiger partial charge in [-0.3, -0.25) is 0 Å². The predicted molar refractivity (Wildman–Crippen MR) is 153 cm³/mol. The molecule has 3 N–H and O–H groups in total. The Morgan fingerprint density at radius 1 is 1.21 bits per heavy atom. The number of rotatable bonds is 8. The Labute approximate surface area is 230 Å². The minimum atomic E-state index is -1.02. The van der Waals surface area contributed by atoms with Crippen LogP contribution < -0.4 is 0 Å². The van der Waals surface area contributed by atoms with Gasteiger partial charge in [0, 0.05) is 19.5 Å². The van der Waals surface area contributed by atoms with Crippen molar-refractivity contribution in [2.45, 2.75) is 110 Å². The summed E-state index contributed by atoms with van der Waals surface area (Å²) >= 11 is 0. The van der Waals surface area contributed by atoms with Gasteiger partial charge in [0.25, 0.3) is 0 Å². The second kappa shape index (κ2) is 12.5. The maximum atomic E-state index is 12.4. The first-order valence-corrected chi connectivity index (χ1v) is 14.6. The summed E-state index contributed by atoms with van der Waals surface area (Å²) in [5.74, 6) is 1.30. The third-order valence-corrected chi connectivity index (χ3v) is 9.62. The van der Waals surface area contributed by atoms with Crippen molar-refractivity contribution in [2.75, 3.05) is 13.1 Å². The molecular weight excluding hydrogens is 478 g/mol. The van der Waals surface area contributed by atoms with Gasteiger partial charge in [0.05, 0.1) is 12.2 Å². The van der Waals surface area contributed by atoms with Crippen LogP contribution in [0.3, 0.4) is 0 Å². The third kappa shape index (κ3) is 6.63. The summed E-state index contributed by atoms with van der Waals surface area (Å²) < 4.78 is 5.65. The van der Waals surface area contributed by atoms with Gasteiger partial charge in [0.15, 0.2) is 0 Å². The van der Waals surface area contributed by atoms with Gasteiger partial charge in [0.2, 0.25) is 0 Å². The summed E-state index contributed by atoms with van der Waals surface area (Å²) in [5, 5.41) is 31.2. The number of hydrogen-bond acceptors (Lipinski definition) is 5. The normalized spacial score (nSPS) is 34.0. The lowest BCUT2D eigenvalue weighted by Crippen LogP contribution is -2.44. The van der Waals surface area contributed by atoms with Crippen molar-refractivity contribution in [2.24, 2.45) is 23.2 Å². The number of ether oxygens (including phenoxy) is 1. The molecule has 214 valence electrons. The average molecular weight is 530 g/mol. The topological polar surface area (TPSA) is 90.2 Å². The van der Waals surface area contributed by atoms with Crippen molar-refractivity contribution >= 4 is 6.09 Å². The fraction of sp³-hybridized carbons (Fsp3) is 0.719. The fourth-order valence-corrected chi connectivity index (χ4v) is 7.09. The fourth-order valence-electron chi connectivity index (χ4n) is 7.09. The number of carbonyl (C=O) groups is 1. The zero-order chi connectivity index (χ0) is 28.3. The number of nitrogens with zero attached hydrogens (tertiary/aromatic N) is 1. The molecule has 6 nitrogen and oxygen atoms in total. The van der Waals surface area contributed by atoms with E-state index in [1.807, 2.05) is 19.9 Å². The Kier molecular flexibility index (Phi) is 10.1. The molecule has 0 spiro atoms. The number of aliphatic hydroxyl groups is 3. The lowest BCUT2D eigenvalue weighted by Gasteiger charge is -2.44. The number of carbonyl (C=O) groups excluding carboxylic acids is 1. The summed E-state index contributed by atoms with van der Waals surface area (Å²) in [4.78, 5) is 14.0. The van der Waals surface area contributed by atoms with Crippen LogP contribution in [0.5, 0.6) is 0 Å². The van der Waals surface area contributed by atoms with E-state index in [9.17, 15) is 20.1 Å². The van der Waals surface area contributed by atoms with Gasteiger partial charge in [-0.25, -0.2) is 4.79 Å². The summed E-state index contributed by atoms with van der Waals surface area (Å²) in [6.45, 7) is 17.2. The van der Waals surface area contributed by atoms with E-state index in [2.05, 4.69) is 38.7 Å². The van der Waals surface area contributed by atoms with Gasteiger partial charge in [-0.15, -0.1) is 0 Å². The molecule has 3 rings (SSSR count). The van der Waals surface area contributed by atoms with E-state index >= 15 is 0 Å². The molecule has 0 aromatic heterocycles. The molecule has 1 amide bonds. The molecule has 2 unspecified atom stereocenters. The molecule has 3 aliphatic carbocycles. The Morgan fingerprint density at radius 3 is 2.55 bits per heavy atom. The lowest BCUT2D eigenvalue weighted by molar-refractivity contribution is -0.0489. The highest BCUT2D eigenvalue weighted by Crippen LogP contribution is 2.59. The standard InChI is InChI=1S/C32H51NO5/c1-8-33(9-2)30(37)38-31(5,6)29(36)17-12-21(3)26-15-16-27-23(11-10-18-32(26,27)7)13-14-24-19-25(34)20-28(35)22(24)4/h12-14,17,21,25-29,34-36H,4,8-11,15-16,18-20H2,1-3,5-7H3/b17-12+,23-13+,24-14-/t21-,25?,26-,27+,28?,29-,32-/m1/s1. The maximum absolute atomic E-state index is 12.4. The third-order valence-electron chi connectivity index (χ3n) is 9.62. The van der Waals surface area contributed by atoms with Gasteiger partial charge in [0.1, 0.15) is 11.7 Å². The quantitative estimate of drug-likeness (QED) is 0.339. The summed E-state index contributed by atoms with van der Waals surface area (Å²) in [5.41, 5.74) is 2.33. The molecule has 0 aromatic rings. The molecule has 38 heavy (non-hydrogen) atoms. The molecule has 7 atom stereocenters. The van der Waals surface area contributed by atoms with Crippen molar-refractivity contribution in [1.29, 1.82) is 0 Å². The predicted octanol–water partition coefficient (Wildman–Crippen LogP) is 5.94. The molecule has 3 fully saturated rings. The Bertz CT molecular complexity index is 945. The SMILES string of the molecule is C=C1/C(=C\C=C2/CCC[C@]3(C)[C@@H]([C@H](C)/C=C/[C@@H](O)C(C)(C)OC(=O)N(CC)CC)CC[C@@H]23)CC(O)CC1O. The highest BCUT2D eigenvalue weighted by molar-refractivity contribution is 5.68. The monoisotopic (exact) mass is 529 g/mol. The first-order chi connectivity index (χ1) is 17.8. The van der Waals surface area contributed by atoms with Crippen LogP contribution in [0.15, 0.2) is 47.6 Å². The van der Waals surface area contributed by atoms with Crippen LogP contribution in [0.2, 0.25) is 0 Å². The van der Waals surface area contributed by atoms with Gasteiger partial charge in [-0.2, -0.15) is 0 Å². The highest BCUT2D eigenvalue weighted by atomic mass is 16.6. The molecule has 0 bridgehead atoms. The van der Waals surface area contributed by atoms with Crippen LogP contribution in [0.4, 0.5) is 4.79 Å². The van der Waals surface area contributed by atoms with Crippen molar-refractivity contribution in [3.63, 3.8) is 0 Å². The summed E-state index contributed by atoms with van der Waals surface area (Å²) in [6.07, 6.45) is 12.4. The largest absolute Gasteiger partial charge is 0.440 e. The number of amides is 1. The van der Waals surface area contributed by atoms with Crippen molar-refractivity contribution < 1.29 is 24.9 Å². The van der Waals surface area contributed by atoms with Gasteiger partial charge in [-0.1, -0.05) is 50.3 Å². The number of allylic oxidation sites excluding steroid dienone is 4. The van der Waals surface area contributed by atoms with Crippen LogP contribution in [0.25, 0.3) is 0 Å². The highest BCUT2D eigenvalue weighted by Gasteiger charge is 2.50. The molecular formula is C32H51NO5. The molecule has 3 saturated carbocycles. The minimum absolute atomic E-state index is 0.185.